The van der Waals surface area contributed by atoms with Crippen LogP contribution in [0.1, 0.15) is 24.9 Å². The van der Waals surface area contributed by atoms with E-state index in [1.54, 1.807) is 24.3 Å². The fourth-order valence-corrected chi connectivity index (χ4v) is 2.74. The molecule has 0 spiro atoms. The lowest BCUT2D eigenvalue weighted by atomic mass is 10.1. The zero-order chi connectivity index (χ0) is 16.9. The number of carbonyl (C=O) groups excluding carboxylic acids is 1. The molecule has 1 unspecified atom stereocenters. The number of amides is 2. The monoisotopic (exact) mass is 333 g/mol. The van der Waals surface area contributed by atoms with Crippen LogP contribution in [0.2, 0.25) is 0 Å². The molecule has 6 nitrogen and oxygen atoms in total. The molecule has 0 heterocycles. The summed E-state index contributed by atoms with van der Waals surface area (Å²) in [7, 11) is -3.77. The molecule has 2 aromatic carbocycles. The Morgan fingerprint density at radius 1 is 1.13 bits per heavy atom. The van der Waals surface area contributed by atoms with Crippen molar-refractivity contribution < 1.29 is 13.2 Å². The maximum Gasteiger partial charge on any atom is 0.319 e. The molecule has 0 aliphatic carbocycles. The summed E-state index contributed by atoms with van der Waals surface area (Å²) in [5.41, 5.74) is 1.36. The number of carbonyl (C=O) groups is 1. The van der Waals surface area contributed by atoms with Crippen LogP contribution in [0.3, 0.4) is 0 Å². The summed E-state index contributed by atoms with van der Waals surface area (Å²) in [6.07, 6.45) is 0.607. The van der Waals surface area contributed by atoms with E-state index in [1.807, 2.05) is 25.1 Å². The quantitative estimate of drug-likeness (QED) is 0.784. The van der Waals surface area contributed by atoms with Crippen LogP contribution in [0.4, 0.5) is 10.5 Å². The van der Waals surface area contributed by atoms with Crippen molar-refractivity contribution in [2.45, 2.75) is 24.3 Å². The topological polar surface area (TPSA) is 101 Å². The first kappa shape index (κ1) is 17.0. The molecule has 0 fully saturated rings. The first-order chi connectivity index (χ1) is 10.9. The number of nitrogens with two attached hydrogens (primary N) is 1. The Bertz CT molecular complexity index is 776. The fraction of sp³-hybridized carbons (Fsp3) is 0.188. The zero-order valence-electron chi connectivity index (χ0n) is 12.7. The van der Waals surface area contributed by atoms with Crippen molar-refractivity contribution in [3.63, 3.8) is 0 Å². The van der Waals surface area contributed by atoms with Gasteiger partial charge in [0.1, 0.15) is 0 Å². The van der Waals surface area contributed by atoms with Gasteiger partial charge in [-0.1, -0.05) is 37.3 Å². The van der Waals surface area contributed by atoms with E-state index in [9.17, 15) is 13.2 Å². The number of hydrogen-bond acceptors (Lipinski definition) is 3. The molecule has 4 N–H and O–H groups in total. The Morgan fingerprint density at radius 2 is 1.83 bits per heavy atom. The molecule has 2 rings (SSSR count). The second-order valence-corrected chi connectivity index (χ2v) is 6.60. The smallest absolute Gasteiger partial charge is 0.319 e. The van der Waals surface area contributed by atoms with Gasteiger partial charge in [0.2, 0.25) is 10.0 Å². The molecule has 7 heteroatoms. The van der Waals surface area contributed by atoms with Gasteiger partial charge in [-0.3, -0.25) is 0 Å². The third-order valence-corrected chi connectivity index (χ3v) is 4.25. The predicted molar refractivity (Wildman–Crippen MR) is 89.4 cm³/mol. The summed E-state index contributed by atoms with van der Waals surface area (Å²) in [5, 5.41) is 10.7. The summed E-state index contributed by atoms with van der Waals surface area (Å²) in [6, 6.07) is 14.7. The Morgan fingerprint density at radius 3 is 2.43 bits per heavy atom. The van der Waals surface area contributed by atoms with Gasteiger partial charge in [-0.25, -0.2) is 18.4 Å². The molecule has 1 atom stereocenters. The van der Waals surface area contributed by atoms with E-state index < -0.39 is 10.0 Å². The van der Waals surface area contributed by atoms with Gasteiger partial charge in [0, 0.05) is 5.69 Å². The number of benzene rings is 2. The van der Waals surface area contributed by atoms with Crippen LogP contribution in [0.5, 0.6) is 0 Å². The van der Waals surface area contributed by atoms with Gasteiger partial charge in [0.25, 0.3) is 0 Å². The predicted octanol–water partition coefficient (Wildman–Crippen LogP) is 2.61. The van der Waals surface area contributed by atoms with Gasteiger partial charge in [-0.2, -0.15) is 0 Å². The van der Waals surface area contributed by atoms with E-state index in [0.29, 0.717) is 17.7 Å². The molecule has 0 saturated carbocycles. The van der Waals surface area contributed by atoms with Crippen molar-refractivity contribution in [1.82, 2.24) is 5.32 Å². The standard InChI is InChI=1S/C16H19N3O3S/c1-2-15(12-7-6-10-14(11-12)23(17,21)22)19-16(20)18-13-8-4-3-5-9-13/h3-11,15H,2H2,1H3,(H2,17,21,22)(H2,18,19,20). The van der Waals surface area contributed by atoms with Crippen LogP contribution in [0.15, 0.2) is 59.5 Å². The second-order valence-electron chi connectivity index (χ2n) is 5.04. The van der Waals surface area contributed by atoms with E-state index in [0.717, 1.165) is 0 Å². The number of urea groups is 1. The average Bonchev–Trinajstić information content (AvgIpc) is 2.53. The Hall–Kier alpha value is -2.38. The molecule has 0 saturated heterocycles. The number of para-hydroxylation sites is 1. The third kappa shape index (κ3) is 4.80. The van der Waals surface area contributed by atoms with Crippen LogP contribution in [-0.4, -0.2) is 14.4 Å². The first-order valence-electron chi connectivity index (χ1n) is 7.15. The van der Waals surface area contributed by atoms with Crippen molar-refractivity contribution in [2.24, 2.45) is 5.14 Å². The summed E-state index contributed by atoms with van der Waals surface area (Å²) < 4.78 is 22.9. The van der Waals surface area contributed by atoms with Crippen LogP contribution in [0.25, 0.3) is 0 Å². The van der Waals surface area contributed by atoms with Crippen molar-refractivity contribution in [1.29, 1.82) is 0 Å². The number of hydrogen-bond donors (Lipinski definition) is 3. The molecule has 122 valence electrons. The van der Waals surface area contributed by atoms with E-state index in [-0.39, 0.29) is 17.0 Å². The lowest BCUT2D eigenvalue weighted by Gasteiger charge is -2.18. The zero-order valence-corrected chi connectivity index (χ0v) is 13.5. The normalized spacial score (nSPS) is 12.4. The van der Waals surface area contributed by atoms with Crippen LogP contribution in [0, 0.1) is 0 Å². The van der Waals surface area contributed by atoms with Gasteiger partial charge >= 0.3 is 6.03 Å². The molecule has 0 bridgehead atoms. The minimum atomic E-state index is -3.77. The Balaban J connectivity index is 2.12. The number of anilines is 1. The van der Waals surface area contributed by atoms with E-state index in [1.165, 1.54) is 12.1 Å². The molecule has 0 aliphatic rings. The van der Waals surface area contributed by atoms with Crippen LogP contribution < -0.4 is 15.8 Å². The number of rotatable bonds is 5. The number of primary sulfonamides is 1. The van der Waals surface area contributed by atoms with Gasteiger partial charge < -0.3 is 10.6 Å². The van der Waals surface area contributed by atoms with E-state index in [4.69, 9.17) is 5.14 Å². The highest BCUT2D eigenvalue weighted by molar-refractivity contribution is 7.89. The molecule has 2 amide bonds. The highest BCUT2D eigenvalue weighted by Gasteiger charge is 2.15. The summed E-state index contributed by atoms with van der Waals surface area (Å²) in [5.74, 6) is 0. The molecular weight excluding hydrogens is 314 g/mol. The van der Waals surface area contributed by atoms with Gasteiger partial charge in [-0.05, 0) is 36.2 Å². The first-order valence-corrected chi connectivity index (χ1v) is 8.70. The molecule has 23 heavy (non-hydrogen) atoms. The maximum atomic E-state index is 12.1. The van der Waals surface area contributed by atoms with E-state index in [2.05, 4.69) is 10.6 Å². The van der Waals surface area contributed by atoms with Crippen LogP contribution >= 0.6 is 0 Å². The lowest BCUT2D eigenvalue weighted by Crippen LogP contribution is -2.32. The third-order valence-electron chi connectivity index (χ3n) is 3.33. The Kier molecular flexibility index (Phi) is 5.36. The summed E-state index contributed by atoms with van der Waals surface area (Å²) >= 11 is 0. The largest absolute Gasteiger partial charge is 0.331 e. The minimum Gasteiger partial charge on any atom is -0.331 e. The highest BCUT2D eigenvalue weighted by Crippen LogP contribution is 2.20. The van der Waals surface area contributed by atoms with Gasteiger partial charge in [-0.15, -0.1) is 0 Å². The summed E-state index contributed by atoms with van der Waals surface area (Å²) in [4.78, 5) is 12.1. The lowest BCUT2D eigenvalue weighted by molar-refractivity contribution is 0.248. The van der Waals surface area contributed by atoms with Crippen molar-refractivity contribution in [3.8, 4) is 0 Å². The SMILES string of the molecule is CCC(NC(=O)Nc1ccccc1)c1cccc(S(N)(=O)=O)c1. The maximum absolute atomic E-state index is 12.1. The number of sulfonamides is 1. The second kappa shape index (κ2) is 7.26. The van der Waals surface area contributed by atoms with E-state index >= 15 is 0 Å². The molecular formula is C16H19N3O3S. The van der Waals surface area contributed by atoms with Crippen molar-refractivity contribution >= 4 is 21.7 Å². The molecule has 2 aromatic rings. The van der Waals surface area contributed by atoms with Gasteiger partial charge in [0.05, 0.1) is 10.9 Å². The highest BCUT2D eigenvalue weighted by atomic mass is 32.2. The fourth-order valence-electron chi connectivity index (χ4n) is 2.18. The minimum absolute atomic E-state index is 0.0266. The van der Waals surface area contributed by atoms with Gasteiger partial charge in [0.15, 0.2) is 0 Å². The average molecular weight is 333 g/mol. The molecule has 0 aliphatic heterocycles. The van der Waals surface area contributed by atoms with Crippen molar-refractivity contribution in [2.75, 3.05) is 5.32 Å². The molecule has 0 radical (unpaired) electrons. The van der Waals surface area contributed by atoms with Crippen LogP contribution in [-0.2, 0) is 10.0 Å². The summed E-state index contributed by atoms with van der Waals surface area (Å²) in [6.45, 7) is 1.90. The number of nitrogens with one attached hydrogen (secondary N) is 2. The van der Waals surface area contributed by atoms with Crippen molar-refractivity contribution in [3.05, 3.63) is 60.2 Å². The Labute approximate surface area is 135 Å². The molecule has 0 aromatic heterocycles.